The van der Waals surface area contributed by atoms with E-state index < -0.39 is 0 Å². The third kappa shape index (κ3) is 12.0. The monoisotopic (exact) mass is 929 g/mol. The van der Waals surface area contributed by atoms with Gasteiger partial charge in [-0.3, -0.25) is 9.59 Å². The fourth-order valence-electron chi connectivity index (χ4n) is 9.91. The number of likely N-dealkylation sites (N-methyl/N-ethyl adjacent to an activating group) is 2. The molecule has 0 amide bonds. The number of quaternary nitrogens is 2. The van der Waals surface area contributed by atoms with Crippen LogP contribution in [-0.2, 0) is 44.7 Å². The summed E-state index contributed by atoms with van der Waals surface area (Å²) in [5.41, 5.74) is 7.00. The van der Waals surface area contributed by atoms with Crippen LogP contribution in [0, 0.1) is 0 Å². The van der Waals surface area contributed by atoms with Crippen molar-refractivity contribution in [2.24, 2.45) is 0 Å². The Hall–Kier alpha value is -5.86. The second-order valence-electron chi connectivity index (χ2n) is 18.0. The number of hydrogen-bond acceptors (Lipinski definition) is 12. The van der Waals surface area contributed by atoms with Gasteiger partial charge < -0.3 is 56.3 Å². The van der Waals surface area contributed by atoms with Crippen LogP contribution < -0.4 is 37.9 Å². The standard InChI is InChI=1S/C53H72N2O12/c1-54(22-18-38-32-48(62-7)50(64-9)34-40(38)42(54)28-36-14-16-44(58-3)46(30-36)60-5)24-20-52(56)66-26-12-11-13-27-67-53(57)21-25-55(2)23-19-39-33-49(63-8)51(65-10)35-41(39)43(55)29-37-15-17-45(59-4)47(31-37)61-6/h14-17,30-35,42-43H,11-13,18-29H2,1-10H3/q+2/t42-,43+,54-,55-/m1/s1. The van der Waals surface area contributed by atoms with Crippen molar-refractivity contribution in [3.63, 3.8) is 0 Å². The summed E-state index contributed by atoms with van der Waals surface area (Å²) < 4.78 is 57.8. The molecule has 2 aliphatic rings. The van der Waals surface area contributed by atoms with Gasteiger partial charge in [0.25, 0.3) is 0 Å². The predicted molar refractivity (Wildman–Crippen MR) is 255 cm³/mol. The quantitative estimate of drug-likeness (QED) is 0.0383. The molecule has 4 aromatic carbocycles. The second kappa shape index (κ2) is 23.2. The summed E-state index contributed by atoms with van der Waals surface area (Å²) in [6.45, 7) is 3.57. The van der Waals surface area contributed by atoms with Crippen molar-refractivity contribution in [3.8, 4) is 46.0 Å². The number of rotatable bonds is 24. The van der Waals surface area contributed by atoms with E-state index >= 15 is 0 Å². The van der Waals surface area contributed by atoms with Crippen molar-refractivity contribution in [2.45, 2.75) is 69.9 Å². The number of benzene rings is 4. The minimum absolute atomic E-state index is 0.0393. The number of nitrogens with zero attached hydrogens (tertiary/aromatic N) is 2. The maximum atomic E-state index is 13.2. The van der Waals surface area contributed by atoms with Crippen molar-refractivity contribution in [3.05, 3.63) is 94.0 Å². The van der Waals surface area contributed by atoms with E-state index in [9.17, 15) is 9.59 Å². The van der Waals surface area contributed by atoms with E-state index in [1.165, 1.54) is 22.3 Å². The lowest BCUT2D eigenvalue weighted by Crippen LogP contribution is -2.53. The summed E-state index contributed by atoms with van der Waals surface area (Å²) in [5, 5.41) is 0. The summed E-state index contributed by atoms with van der Waals surface area (Å²) in [6, 6.07) is 20.5. The highest BCUT2D eigenvalue weighted by Gasteiger charge is 2.42. The van der Waals surface area contributed by atoms with E-state index in [0.717, 1.165) is 56.3 Å². The summed E-state index contributed by atoms with van der Waals surface area (Å²) in [5.74, 6) is 5.06. The van der Waals surface area contributed by atoms with Gasteiger partial charge in [-0.1, -0.05) is 12.1 Å². The summed E-state index contributed by atoms with van der Waals surface area (Å²) in [4.78, 5) is 26.4. The molecule has 0 saturated heterocycles. The van der Waals surface area contributed by atoms with Gasteiger partial charge in [0, 0.05) is 36.8 Å². The van der Waals surface area contributed by atoms with Crippen LogP contribution in [0.2, 0.25) is 0 Å². The van der Waals surface area contributed by atoms with Crippen LogP contribution in [0.4, 0.5) is 0 Å². The van der Waals surface area contributed by atoms with Crippen LogP contribution in [-0.4, -0.2) is 131 Å². The van der Waals surface area contributed by atoms with Crippen molar-refractivity contribution in [2.75, 3.05) is 110 Å². The zero-order chi connectivity index (χ0) is 48.1. The van der Waals surface area contributed by atoms with Gasteiger partial charge in [-0.05, 0) is 90.0 Å². The molecule has 67 heavy (non-hydrogen) atoms. The third-order valence-electron chi connectivity index (χ3n) is 14.0. The average Bonchev–Trinajstić information content (AvgIpc) is 3.35. The number of methoxy groups -OCH3 is 8. The van der Waals surface area contributed by atoms with E-state index in [2.05, 4.69) is 50.5 Å². The lowest BCUT2D eigenvalue weighted by Gasteiger charge is -2.46. The highest BCUT2D eigenvalue weighted by atomic mass is 16.5. The van der Waals surface area contributed by atoms with Crippen LogP contribution in [0.15, 0.2) is 60.7 Å². The molecule has 14 heteroatoms. The topological polar surface area (TPSA) is 126 Å². The molecule has 2 aliphatic heterocycles. The van der Waals surface area contributed by atoms with Gasteiger partial charge in [0.15, 0.2) is 46.0 Å². The molecule has 2 heterocycles. The molecule has 0 radical (unpaired) electrons. The summed E-state index contributed by atoms with van der Waals surface area (Å²) >= 11 is 0. The molecule has 0 saturated carbocycles. The average molecular weight is 929 g/mol. The van der Waals surface area contributed by atoms with Gasteiger partial charge in [-0.2, -0.15) is 0 Å². The van der Waals surface area contributed by atoms with Crippen molar-refractivity contribution in [1.82, 2.24) is 0 Å². The van der Waals surface area contributed by atoms with Crippen molar-refractivity contribution in [1.29, 1.82) is 0 Å². The largest absolute Gasteiger partial charge is 0.493 e. The van der Waals surface area contributed by atoms with Crippen LogP contribution in [0.1, 0.15) is 77.6 Å². The van der Waals surface area contributed by atoms with Crippen molar-refractivity contribution < 1.29 is 65.9 Å². The first-order valence-electron chi connectivity index (χ1n) is 23.3. The van der Waals surface area contributed by atoms with Crippen LogP contribution in [0.5, 0.6) is 46.0 Å². The Morgan fingerprint density at radius 2 is 0.806 bits per heavy atom. The lowest BCUT2D eigenvalue weighted by molar-refractivity contribution is -0.940. The second-order valence-corrected chi connectivity index (χ2v) is 18.0. The molecule has 0 bridgehead atoms. The molecule has 0 N–H and O–H groups in total. The summed E-state index contributed by atoms with van der Waals surface area (Å²) in [7, 11) is 17.6. The van der Waals surface area contributed by atoms with E-state index in [-0.39, 0.29) is 24.0 Å². The Morgan fingerprint density at radius 3 is 1.16 bits per heavy atom. The number of ether oxygens (including phenoxy) is 10. The molecule has 14 nitrogen and oxygen atoms in total. The molecule has 0 fully saturated rings. The molecule has 0 aliphatic carbocycles. The van der Waals surface area contributed by atoms with E-state index in [4.69, 9.17) is 47.4 Å². The minimum atomic E-state index is -0.215. The fourth-order valence-corrected chi connectivity index (χ4v) is 9.91. The van der Waals surface area contributed by atoms with Crippen LogP contribution >= 0.6 is 0 Å². The van der Waals surface area contributed by atoms with E-state index in [1.807, 2.05) is 24.3 Å². The first-order valence-corrected chi connectivity index (χ1v) is 23.3. The number of carbonyl (C=O) groups excluding carboxylic acids is 2. The van der Waals surface area contributed by atoms with Crippen LogP contribution in [0.3, 0.4) is 0 Å². The third-order valence-corrected chi connectivity index (χ3v) is 14.0. The Kier molecular flexibility index (Phi) is 17.5. The number of fused-ring (bicyclic) bond motifs is 2. The van der Waals surface area contributed by atoms with Gasteiger partial charge in [0.05, 0.1) is 123 Å². The lowest BCUT2D eigenvalue weighted by atomic mass is 9.86. The maximum Gasteiger partial charge on any atom is 0.311 e. The Balaban J connectivity index is 0.987. The number of carbonyl (C=O) groups is 2. The maximum absolute atomic E-state index is 13.2. The molecule has 0 aromatic heterocycles. The van der Waals surface area contributed by atoms with Gasteiger partial charge >= 0.3 is 11.9 Å². The molecule has 4 aromatic rings. The molecule has 4 atom stereocenters. The van der Waals surface area contributed by atoms with Gasteiger partial charge in [-0.25, -0.2) is 0 Å². The number of esters is 2. The number of unbranched alkanes of at least 4 members (excludes halogenated alkanes) is 2. The Labute approximate surface area is 397 Å². The van der Waals surface area contributed by atoms with E-state index in [1.54, 1.807) is 56.9 Å². The molecule has 364 valence electrons. The first kappa shape index (κ1) is 50.6. The summed E-state index contributed by atoms with van der Waals surface area (Å²) in [6.07, 6.45) is 5.85. The smallest absolute Gasteiger partial charge is 0.311 e. The SMILES string of the molecule is COc1ccc(C[C@@H]2c3cc(OC)c(OC)cc3CC[N@+]2(C)CCC(=O)OCCCCCOC(=O)CC[N@@+]2(C)CCc3cc(OC)c(OC)cc3[C@@H]2Cc2ccc(OC)c(OC)c2)cc1OC. The zero-order valence-electron chi connectivity index (χ0n) is 41.3. The van der Waals surface area contributed by atoms with Crippen LogP contribution in [0.25, 0.3) is 0 Å². The molecule has 0 unspecified atom stereocenters. The highest BCUT2D eigenvalue weighted by Crippen LogP contribution is 2.45. The normalized spacial score (nSPS) is 19.6. The Bertz CT molecular complexity index is 2160. The highest BCUT2D eigenvalue weighted by molar-refractivity contribution is 5.69. The van der Waals surface area contributed by atoms with E-state index in [0.29, 0.717) is 107 Å². The van der Waals surface area contributed by atoms with Crippen molar-refractivity contribution >= 4 is 11.9 Å². The minimum Gasteiger partial charge on any atom is -0.493 e. The number of hydrogen-bond donors (Lipinski definition) is 0. The van der Waals surface area contributed by atoms with Gasteiger partial charge in [0.1, 0.15) is 12.1 Å². The fraction of sp³-hybridized carbons (Fsp3) is 0.509. The molecular formula is C53H72N2O12+2. The Morgan fingerprint density at radius 1 is 0.463 bits per heavy atom. The van der Waals surface area contributed by atoms with Gasteiger partial charge in [0.2, 0.25) is 0 Å². The first-order chi connectivity index (χ1) is 32.4. The predicted octanol–water partition coefficient (Wildman–Crippen LogP) is 8.07. The molecule has 6 rings (SSSR count). The molecular weight excluding hydrogens is 857 g/mol. The molecule has 0 spiro atoms. The van der Waals surface area contributed by atoms with Gasteiger partial charge in [-0.15, -0.1) is 0 Å². The zero-order valence-corrected chi connectivity index (χ0v) is 41.3.